The highest BCUT2D eigenvalue weighted by Gasteiger charge is 2.16. The maximum absolute atomic E-state index is 4.60. The lowest BCUT2D eigenvalue weighted by Crippen LogP contribution is -1.96. The zero-order valence-corrected chi connectivity index (χ0v) is 12.2. The Hall–Kier alpha value is -1.33. The number of H-pyrrole nitrogens is 1. The Labute approximate surface area is 119 Å². The number of thiophene rings is 1. The van der Waals surface area contributed by atoms with Gasteiger partial charge in [-0.1, -0.05) is 0 Å². The van der Waals surface area contributed by atoms with E-state index in [2.05, 4.69) is 27.1 Å². The number of rotatable bonds is 1. The summed E-state index contributed by atoms with van der Waals surface area (Å²) in [4.78, 5) is 15.1. The first-order chi connectivity index (χ1) is 9.29. The molecule has 0 saturated carbocycles. The summed E-state index contributed by atoms with van der Waals surface area (Å²) in [6, 6.07) is 4.39. The number of pyridine rings is 1. The first-order valence-electron chi connectivity index (χ1n) is 6.32. The van der Waals surface area contributed by atoms with Crippen molar-refractivity contribution in [3.8, 4) is 10.7 Å². The maximum atomic E-state index is 4.60. The van der Waals surface area contributed by atoms with Crippen LogP contribution in [-0.2, 0) is 12.2 Å². The van der Waals surface area contributed by atoms with E-state index in [0.717, 1.165) is 28.3 Å². The number of fused-ring (bicyclic) bond motifs is 2. The molecule has 3 aromatic heterocycles. The fraction of sp³-hybridized carbons (Fsp3) is 0.286. The van der Waals surface area contributed by atoms with Crippen molar-refractivity contribution in [1.82, 2.24) is 15.0 Å². The van der Waals surface area contributed by atoms with Crippen LogP contribution >= 0.6 is 23.1 Å². The number of thioether (sulfide) groups is 1. The van der Waals surface area contributed by atoms with E-state index >= 15 is 0 Å². The van der Waals surface area contributed by atoms with Crippen LogP contribution in [0.15, 0.2) is 18.3 Å². The van der Waals surface area contributed by atoms with E-state index in [0.29, 0.717) is 0 Å². The molecule has 4 heterocycles. The molecule has 0 spiro atoms. The van der Waals surface area contributed by atoms with E-state index in [1.807, 2.05) is 36.2 Å². The molecule has 1 aliphatic rings. The highest BCUT2D eigenvalue weighted by Crippen LogP contribution is 2.36. The van der Waals surface area contributed by atoms with Gasteiger partial charge >= 0.3 is 0 Å². The largest absolute Gasteiger partial charge is 0.336 e. The van der Waals surface area contributed by atoms with Crippen LogP contribution in [0.25, 0.3) is 21.9 Å². The van der Waals surface area contributed by atoms with Crippen LogP contribution in [0.4, 0.5) is 0 Å². The monoisotopic (exact) mass is 287 g/mol. The normalized spacial score (nSPS) is 14.8. The fourth-order valence-electron chi connectivity index (χ4n) is 2.39. The van der Waals surface area contributed by atoms with Gasteiger partial charge in [0.1, 0.15) is 0 Å². The lowest BCUT2D eigenvalue weighted by atomic mass is 10.2. The third kappa shape index (κ3) is 1.97. The number of hydrogen-bond acceptors (Lipinski definition) is 4. The Balaban J connectivity index is 1.83. The number of aryl methyl sites for hydroxylation is 2. The van der Waals surface area contributed by atoms with Crippen LogP contribution in [0.3, 0.4) is 0 Å². The minimum atomic E-state index is 0.807. The molecule has 19 heavy (non-hydrogen) atoms. The van der Waals surface area contributed by atoms with Gasteiger partial charge in [0, 0.05) is 16.8 Å². The van der Waals surface area contributed by atoms with Gasteiger partial charge in [0.25, 0.3) is 0 Å². The van der Waals surface area contributed by atoms with E-state index in [4.69, 9.17) is 0 Å². The summed E-state index contributed by atoms with van der Waals surface area (Å²) in [5, 5.41) is 0. The molecule has 5 heteroatoms. The highest BCUT2D eigenvalue weighted by molar-refractivity contribution is 7.98. The Bertz CT molecular complexity index is 734. The molecule has 1 N–H and O–H groups in total. The van der Waals surface area contributed by atoms with Crippen LogP contribution in [0.1, 0.15) is 16.0 Å². The Morgan fingerprint density at radius 2 is 2.26 bits per heavy atom. The molecule has 0 aromatic carbocycles. The number of nitrogens with one attached hydrogen (secondary N) is 1. The van der Waals surface area contributed by atoms with Crippen molar-refractivity contribution in [3.05, 3.63) is 34.3 Å². The smallest absolute Gasteiger partial charge is 0.178 e. The number of aromatic nitrogens is 3. The first-order valence-corrected chi connectivity index (χ1v) is 8.29. The van der Waals surface area contributed by atoms with Crippen molar-refractivity contribution in [2.45, 2.75) is 19.1 Å². The molecule has 0 bridgehead atoms. The third-order valence-electron chi connectivity index (χ3n) is 3.34. The van der Waals surface area contributed by atoms with E-state index in [-0.39, 0.29) is 0 Å². The van der Waals surface area contributed by atoms with Crippen molar-refractivity contribution < 1.29 is 0 Å². The van der Waals surface area contributed by atoms with Crippen LogP contribution in [-0.4, -0.2) is 20.7 Å². The second kappa shape index (κ2) is 4.35. The molecule has 0 atom stereocenters. The predicted octanol–water partition coefficient (Wildman–Crippen LogP) is 3.78. The summed E-state index contributed by atoms with van der Waals surface area (Å²) in [6.07, 6.45) is 3.06. The quantitative estimate of drug-likeness (QED) is 0.740. The minimum Gasteiger partial charge on any atom is -0.336 e. The zero-order chi connectivity index (χ0) is 12.8. The molecule has 0 saturated heterocycles. The summed E-state index contributed by atoms with van der Waals surface area (Å²) in [5.41, 5.74) is 4.47. The van der Waals surface area contributed by atoms with E-state index in [9.17, 15) is 0 Å². The van der Waals surface area contributed by atoms with Crippen LogP contribution in [0.5, 0.6) is 0 Å². The van der Waals surface area contributed by atoms with Gasteiger partial charge < -0.3 is 4.98 Å². The molecule has 3 aromatic rings. The van der Waals surface area contributed by atoms with E-state index in [1.54, 1.807) is 0 Å². The van der Waals surface area contributed by atoms with Gasteiger partial charge in [-0.2, -0.15) is 11.8 Å². The summed E-state index contributed by atoms with van der Waals surface area (Å²) in [6.45, 7) is 2.05. The molecular weight excluding hydrogens is 274 g/mol. The van der Waals surface area contributed by atoms with Crippen molar-refractivity contribution in [1.29, 1.82) is 0 Å². The molecule has 3 nitrogen and oxygen atoms in total. The lowest BCUT2D eigenvalue weighted by molar-refractivity contribution is 1.13. The van der Waals surface area contributed by atoms with E-state index < -0.39 is 0 Å². The van der Waals surface area contributed by atoms with Gasteiger partial charge in [-0.15, -0.1) is 11.3 Å². The average molecular weight is 287 g/mol. The maximum Gasteiger partial charge on any atom is 0.178 e. The second-order valence-corrected chi connectivity index (χ2v) is 7.07. The molecule has 0 radical (unpaired) electrons. The highest BCUT2D eigenvalue weighted by atomic mass is 32.2. The third-order valence-corrected chi connectivity index (χ3v) is 5.59. The topological polar surface area (TPSA) is 41.6 Å². The SMILES string of the molecule is Cc1cnc2nc(-c3cc4c(s3)CCSC4)[nH]c2c1. The molecule has 96 valence electrons. The van der Waals surface area contributed by atoms with Gasteiger partial charge in [0.05, 0.1) is 10.4 Å². The molecule has 0 amide bonds. The lowest BCUT2D eigenvalue weighted by Gasteiger charge is -2.08. The van der Waals surface area contributed by atoms with Crippen LogP contribution in [0, 0.1) is 6.92 Å². The first kappa shape index (κ1) is 11.5. The predicted molar refractivity (Wildman–Crippen MR) is 81.8 cm³/mol. The van der Waals surface area contributed by atoms with Crippen molar-refractivity contribution in [3.63, 3.8) is 0 Å². The molecule has 1 aliphatic heterocycles. The Kier molecular flexibility index (Phi) is 2.63. The van der Waals surface area contributed by atoms with Crippen LogP contribution < -0.4 is 0 Å². The van der Waals surface area contributed by atoms with Gasteiger partial charge in [-0.25, -0.2) is 9.97 Å². The van der Waals surface area contributed by atoms with Gasteiger partial charge in [0.15, 0.2) is 11.5 Å². The van der Waals surface area contributed by atoms with E-state index in [1.165, 1.54) is 27.5 Å². The van der Waals surface area contributed by atoms with Crippen molar-refractivity contribution in [2.24, 2.45) is 0 Å². The summed E-state index contributed by atoms with van der Waals surface area (Å²) in [7, 11) is 0. The Morgan fingerprint density at radius 1 is 1.32 bits per heavy atom. The molecule has 0 aliphatic carbocycles. The van der Waals surface area contributed by atoms with Crippen molar-refractivity contribution in [2.75, 3.05) is 5.75 Å². The summed E-state index contributed by atoms with van der Waals surface area (Å²) in [5.74, 6) is 3.34. The number of nitrogens with zero attached hydrogens (tertiary/aromatic N) is 2. The number of hydrogen-bond donors (Lipinski definition) is 1. The fourth-order valence-corrected chi connectivity index (χ4v) is 4.70. The molecular formula is C14H13N3S2. The van der Waals surface area contributed by atoms with Crippen molar-refractivity contribution >= 4 is 34.3 Å². The molecule has 0 unspecified atom stereocenters. The Morgan fingerprint density at radius 3 is 3.16 bits per heavy atom. The molecule has 4 rings (SSSR count). The van der Waals surface area contributed by atoms with Gasteiger partial charge in [-0.3, -0.25) is 0 Å². The average Bonchev–Trinajstić information content (AvgIpc) is 3.00. The minimum absolute atomic E-state index is 0.807. The summed E-state index contributed by atoms with van der Waals surface area (Å²) >= 11 is 3.89. The van der Waals surface area contributed by atoms with Crippen LogP contribution in [0.2, 0.25) is 0 Å². The number of imidazole rings is 1. The number of aromatic amines is 1. The summed E-state index contributed by atoms with van der Waals surface area (Å²) < 4.78 is 0. The second-order valence-electron chi connectivity index (χ2n) is 4.83. The van der Waals surface area contributed by atoms with Gasteiger partial charge in [0.2, 0.25) is 0 Å². The zero-order valence-electron chi connectivity index (χ0n) is 10.6. The molecule has 0 fully saturated rings. The van der Waals surface area contributed by atoms with Gasteiger partial charge in [-0.05, 0) is 42.4 Å². The standard InChI is InChI=1S/C14H13N3S2/c1-8-4-10-13(15-6-8)17-14(16-10)12-5-9-7-18-3-2-11(9)19-12/h4-6H,2-3,7H2,1H3,(H,15,16,17).